The van der Waals surface area contributed by atoms with Crippen LogP contribution in [0.3, 0.4) is 0 Å². The summed E-state index contributed by atoms with van der Waals surface area (Å²) in [5.41, 5.74) is 9.11. The van der Waals surface area contributed by atoms with Gasteiger partial charge in [0.05, 0.1) is 0 Å². The van der Waals surface area contributed by atoms with E-state index in [4.69, 9.17) is 37.9 Å². The zero-order valence-electron chi connectivity index (χ0n) is 93.8. The van der Waals surface area contributed by atoms with E-state index < -0.39 is 44.3 Å². The maximum Gasteiger partial charge on any atom is 2.00 e. The molecule has 0 amide bonds. The second-order valence-corrected chi connectivity index (χ2v) is 50.1. The SMILES string of the molecule is C1CCOC1.C1CCOC1.C1CCOC1.C1CCOC1.C1CCOC1.C1CCOC1.C1CCOC1.C1CCOC1.CC(C)(C)c1cc(C(c2cc(C(C)(C)C)cc(C(C)(C)C)c2[O-])c2cc(C(C)(C)C)cc(C(C)(C)C)c2[O-])c([O-])c(C(C)(C)C)c1.CC(C)(C)c1cc(C(c2cc(C(C)(C)C)cc(C(C)(C)C)c2[O-])c2cc(C(C)(C)C)cc(C(C)(C)C)c2[O-])c([O-])c(C(C)(C)C)c1.[Li+].[Li+].[Mg+2].[Mg+2]. The number of hydrogen-bond acceptors (Lipinski definition) is 14. The second-order valence-electron chi connectivity index (χ2n) is 50.1. The normalized spacial score (nSPS) is 16.5. The van der Waals surface area contributed by atoms with Crippen LogP contribution < -0.4 is 68.4 Å². The Morgan fingerprint density at radius 3 is 0.309 bits per heavy atom. The van der Waals surface area contributed by atoms with Crippen LogP contribution in [0, 0.1) is 0 Å². The van der Waals surface area contributed by atoms with Gasteiger partial charge in [-0.2, -0.15) is 0 Å². The van der Waals surface area contributed by atoms with Gasteiger partial charge in [-0.3, -0.25) is 0 Å². The summed E-state index contributed by atoms with van der Waals surface area (Å²) in [6.07, 6.45) is 20.4. The first-order chi connectivity index (χ1) is 60.7. The van der Waals surface area contributed by atoms with Crippen molar-refractivity contribution in [2.45, 2.75) is 429 Å². The van der Waals surface area contributed by atoms with Gasteiger partial charge in [0, 0.05) is 118 Å². The maximum atomic E-state index is 14.8. The Morgan fingerprint density at radius 2 is 0.250 bits per heavy atom. The van der Waals surface area contributed by atoms with Crippen molar-refractivity contribution in [1.82, 2.24) is 0 Å². The van der Waals surface area contributed by atoms with Crippen molar-refractivity contribution in [2.75, 3.05) is 106 Å². The van der Waals surface area contributed by atoms with E-state index >= 15 is 0 Å². The molecule has 0 bridgehead atoms. The van der Waals surface area contributed by atoms with Crippen molar-refractivity contribution >= 4 is 46.1 Å². The molecule has 0 radical (unpaired) electrons. The maximum absolute atomic E-state index is 14.8. The first-order valence-corrected chi connectivity index (χ1v) is 50.5. The molecule has 14 nitrogen and oxygen atoms in total. The molecule has 136 heavy (non-hydrogen) atoms. The van der Waals surface area contributed by atoms with E-state index in [1.54, 1.807) is 0 Å². The summed E-state index contributed by atoms with van der Waals surface area (Å²) in [6, 6.07) is 24.2. The summed E-state index contributed by atoms with van der Waals surface area (Å²) in [5.74, 6) is -2.24. The molecule has 8 fully saturated rings. The summed E-state index contributed by atoms with van der Waals surface area (Å²) in [6.45, 7) is 91.7. The Bertz CT molecular complexity index is 3660. The molecule has 748 valence electrons. The van der Waals surface area contributed by atoms with Crippen LogP contribution in [0.25, 0.3) is 0 Å². The fraction of sp³-hybridized carbons (Fsp3) is 0.695. The monoisotopic (exact) mass is 1890 g/mol. The van der Waals surface area contributed by atoms with Crippen molar-refractivity contribution < 1.29 is 106 Å². The first kappa shape index (κ1) is 131. The van der Waals surface area contributed by atoms with Crippen molar-refractivity contribution in [2.24, 2.45) is 0 Å². The molecule has 6 aromatic carbocycles. The van der Waals surface area contributed by atoms with Gasteiger partial charge in [0.15, 0.2) is 0 Å². The Balaban J connectivity index is 0.000000933. The molecule has 8 saturated heterocycles. The summed E-state index contributed by atoms with van der Waals surface area (Å²) in [5, 5.41) is 89.0. The standard InChI is InChI=1S/2C43H64O3.8C4H8O.2Li.2Mg/c2*1-38(2,3)25-19-28(35(44)31(22-25)41(10,11)12)34(29-20-26(39(4,5)6)23-32(36(29)45)42(13,14)15)30-21-27(40(7,8)9)24-33(37(30)46)43(16,17)18;8*1-2-4-5-3-1;;;;/h2*19-24,34,44-46H,1-18H3;8*1-4H2;;;;/q;;;;;;;;;;2*+1;2*+2/p-6. The Morgan fingerprint density at radius 1 is 0.162 bits per heavy atom. The molecule has 8 aliphatic heterocycles. The minimum absolute atomic E-state index is 0. The molecule has 8 aliphatic rings. The Hall–Kier alpha value is -3.47. The molecule has 0 spiro atoms. The molecule has 0 aliphatic carbocycles. The number of benzene rings is 6. The third-order valence-corrected chi connectivity index (χ3v) is 25.2. The molecule has 14 rings (SSSR count). The molecular formula is C118H186Li2Mg2O14. The zero-order chi connectivity index (χ0) is 99.8. The van der Waals surface area contributed by atoms with Gasteiger partial charge in [0.1, 0.15) is 0 Å². The smallest absolute Gasteiger partial charge is 0.872 e. The van der Waals surface area contributed by atoms with Crippen molar-refractivity contribution in [3.05, 3.63) is 173 Å². The van der Waals surface area contributed by atoms with Crippen LogP contribution in [-0.4, -0.2) is 152 Å². The van der Waals surface area contributed by atoms with E-state index in [0.29, 0.717) is 66.8 Å². The van der Waals surface area contributed by atoms with E-state index in [2.05, 4.69) is 249 Å². The van der Waals surface area contributed by atoms with Gasteiger partial charge in [-0.15, -0.1) is 34.5 Å². The summed E-state index contributed by atoms with van der Waals surface area (Å²) in [7, 11) is 0. The largest absolute Gasteiger partial charge is 2.00 e. The average molecular weight is 1890 g/mol. The second kappa shape index (κ2) is 56.9. The Labute approximate surface area is 886 Å². The van der Waals surface area contributed by atoms with E-state index in [1.807, 2.05) is 72.8 Å². The minimum Gasteiger partial charge on any atom is -0.872 e. The van der Waals surface area contributed by atoms with E-state index in [1.165, 1.54) is 103 Å². The number of rotatable bonds is 6. The van der Waals surface area contributed by atoms with Gasteiger partial charge in [-0.05, 0) is 268 Å². The summed E-state index contributed by atoms with van der Waals surface area (Å²) >= 11 is 0. The van der Waals surface area contributed by atoms with Crippen molar-refractivity contribution in [1.29, 1.82) is 0 Å². The van der Waals surface area contributed by atoms with Gasteiger partial charge in [0.25, 0.3) is 0 Å². The fourth-order valence-electron chi connectivity index (χ4n) is 16.2. The van der Waals surface area contributed by atoms with Crippen LogP contribution in [0.1, 0.15) is 464 Å². The summed E-state index contributed by atoms with van der Waals surface area (Å²) < 4.78 is 39.6. The van der Waals surface area contributed by atoms with Crippen LogP contribution in [0.15, 0.2) is 72.8 Å². The van der Waals surface area contributed by atoms with Crippen LogP contribution in [-0.2, 0) is 103 Å². The number of hydrogen-bond donors (Lipinski definition) is 0. The topological polar surface area (TPSA) is 212 Å². The van der Waals surface area contributed by atoms with Gasteiger partial charge < -0.3 is 68.5 Å². The van der Waals surface area contributed by atoms with Crippen LogP contribution >= 0.6 is 0 Å². The molecule has 0 unspecified atom stereocenters. The molecular weight excluding hydrogens is 1700 g/mol. The van der Waals surface area contributed by atoms with Crippen molar-refractivity contribution in [3.63, 3.8) is 0 Å². The van der Waals surface area contributed by atoms with E-state index in [-0.39, 0.29) is 151 Å². The van der Waals surface area contributed by atoms with E-state index in [9.17, 15) is 30.6 Å². The zero-order valence-corrected chi connectivity index (χ0v) is 96.7. The molecule has 6 aromatic rings. The predicted octanol–water partition coefficient (Wildman–Crippen LogP) is 19.4. The summed E-state index contributed by atoms with van der Waals surface area (Å²) in [4.78, 5) is 0. The number of ether oxygens (including phenoxy) is 8. The van der Waals surface area contributed by atoms with E-state index in [0.717, 1.165) is 139 Å². The molecule has 0 atom stereocenters. The fourth-order valence-corrected chi connectivity index (χ4v) is 16.2. The van der Waals surface area contributed by atoms with Crippen LogP contribution in [0.5, 0.6) is 34.5 Å². The first-order valence-electron chi connectivity index (χ1n) is 50.5. The average Bonchev–Trinajstić information content (AvgIpc) is 1.40. The Kier molecular flexibility index (Phi) is 54.6. The molecule has 0 saturated carbocycles. The predicted molar refractivity (Wildman–Crippen MR) is 554 cm³/mol. The van der Waals surface area contributed by atoms with Crippen molar-refractivity contribution in [3.8, 4) is 34.5 Å². The third-order valence-electron chi connectivity index (χ3n) is 25.2. The van der Waals surface area contributed by atoms with Gasteiger partial charge in [-0.1, -0.05) is 322 Å². The van der Waals surface area contributed by atoms with Gasteiger partial charge in [-0.25, -0.2) is 0 Å². The third kappa shape index (κ3) is 41.9. The molecule has 0 aromatic heterocycles. The van der Waals surface area contributed by atoms with Crippen LogP contribution in [0.4, 0.5) is 0 Å². The molecule has 8 heterocycles. The molecule has 18 heteroatoms. The quantitative estimate of drug-likeness (QED) is 0.112. The van der Waals surface area contributed by atoms with Gasteiger partial charge in [0.2, 0.25) is 0 Å². The van der Waals surface area contributed by atoms with Gasteiger partial charge >= 0.3 is 83.8 Å². The van der Waals surface area contributed by atoms with Crippen LogP contribution in [0.2, 0.25) is 0 Å². The minimum atomic E-state index is -0.831. The molecule has 0 N–H and O–H groups in total.